The fourth-order valence-corrected chi connectivity index (χ4v) is 5.08. The minimum atomic E-state index is -3.56. The molecule has 2 aliphatic carbocycles. The minimum Gasteiger partial charge on any atom is -0.324 e. The van der Waals surface area contributed by atoms with Gasteiger partial charge in [-0.2, -0.15) is 0 Å². The molecule has 3 aliphatic rings. The maximum absolute atomic E-state index is 12.6. The molecule has 1 heterocycles. The first-order chi connectivity index (χ1) is 13.8. The molecule has 0 radical (unpaired) electrons. The summed E-state index contributed by atoms with van der Waals surface area (Å²) in [5, 5.41) is 2.66. The highest BCUT2D eigenvalue weighted by molar-refractivity contribution is 7.89. The smallest absolute Gasteiger partial charge is 0.247 e. The largest absolute Gasteiger partial charge is 0.324 e. The van der Waals surface area contributed by atoms with Gasteiger partial charge in [-0.1, -0.05) is 12.2 Å². The Balaban J connectivity index is 1.42. The summed E-state index contributed by atoms with van der Waals surface area (Å²) in [6, 6.07) is 4.87. The van der Waals surface area contributed by atoms with E-state index in [1.165, 1.54) is 31.2 Å². The lowest BCUT2D eigenvalue weighted by atomic mass is 9.85. The predicted molar refractivity (Wildman–Crippen MR) is 105 cm³/mol. The van der Waals surface area contributed by atoms with Crippen molar-refractivity contribution in [2.45, 2.75) is 49.6 Å². The zero-order valence-corrected chi connectivity index (χ0v) is 16.8. The van der Waals surface area contributed by atoms with Crippen LogP contribution in [0.5, 0.6) is 0 Å². The summed E-state index contributed by atoms with van der Waals surface area (Å²) in [5.41, 5.74) is 0.394. The first kappa shape index (κ1) is 19.8. The summed E-state index contributed by atoms with van der Waals surface area (Å²) in [7, 11) is -3.56. The normalized spacial score (nSPS) is 25.1. The summed E-state index contributed by atoms with van der Waals surface area (Å²) in [4.78, 5) is 39.0. The van der Waals surface area contributed by atoms with E-state index in [1.54, 1.807) is 0 Å². The second kappa shape index (κ2) is 7.38. The van der Waals surface area contributed by atoms with Gasteiger partial charge in [-0.3, -0.25) is 19.3 Å². The summed E-state index contributed by atoms with van der Waals surface area (Å²) in [5.74, 6) is -1.87. The molecule has 3 atom stereocenters. The van der Waals surface area contributed by atoms with Crippen LogP contribution >= 0.6 is 0 Å². The van der Waals surface area contributed by atoms with Crippen LogP contribution in [0.25, 0.3) is 0 Å². The van der Waals surface area contributed by atoms with Crippen molar-refractivity contribution in [2.24, 2.45) is 11.8 Å². The van der Waals surface area contributed by atoms with Crippen LogP contribution in [0.15, 0.2) is 41.3 Å². The zero-order chi connectivity index (χ0) is 20.8. The molecule has 29 heavy (non-hydrogen) atoms. The summed E-state index contributed by atoms with van der Waals surface area (Å²) in [6.07, 6.45) is 6.52. The van der Waals surface area contributed by atoms with Crippen LogP contribution in [-0.4, -0.2) is 43.1 Å². The summed E-state index contributed by atoms with van der Waals surface area (Å²) >= 11 is 0. The van der Waals surface area contributed by atoms with Gasteiger partial charge < -0.3 is 5.32 Å². The van der Waals surface area contributed by atoms with Crippen LogP contribution in [0, 0.1) is 11.8 Å². The van der Waals surface area contributed by atoms with E-state index in [-0.39, 0.29) is 34.6 Å². The fourth-order valence-electron chi connectivity index (χ4n) is 3.78. The van der Waals surface area contributed by atoms with Crippen LogP contribution in [-0.2, 0) is 24.4 Å². The number of benzene rings is 1. The molecule has 0 bridgehead atoms. The van der Waals surface area contributed by atoms with E-state index in [1.807, 2.05) is 12.2 Å². The molecule has 4 rings (SSSR count). The van der Waals surface area contributed by atoms with E-state index in [0.717, 1.165) is 17.7 Å². The van der Waals surface area contributed by atoms with E-state index in [4.69, 9.17) is 0 Å². The number of anilines is 1. The number of likely N-dealkylation sites (tertiary alicyclic amines) is 1. The predicted octanol–water partition coefficient (Wildman–Crippen LogP) is 1.41. The summed E-state index contributed by atoms with van der Waals surface area (Å²) in [6.45, 7) is 1.52. The Bertz CT molecular complexity index is 956. The van der Waals surface area contributed by atoms with Crippen molar-refractivity contribution in [1.82, 2.24) is 9.62 Å². The van der Waals surface area contributed by atoms with Gasteiger partial charge in [-0.05, 0) is 56.9 Å². The highest BCUT2D eigenvalue weighted by atomic mass is 32.2. The van der Waals surface area contributed by atoms with Gasteiger partial charge in [0.05, 0.1) is 16.7 Å². The molecule has 0 spiro atoms. The van der Waals surface area contributed by atoms with Gasteiger partial charge in [-0.25, -0.2) is 13.1 Å². The molecule has 0 unspecified atom stereocenters. The third-order valence-electron chi connectivity index (χ3n) is 5.64. The number of carbonyl (C=O) groups is 3. The number of hydrogen-bond donors (Lipinski definition) is 2. The molecular formula is C20H23N3O5S. The average molecular weight is 417 g/mol. The number of rotatable bonds is 6. The lowest BCUT2D eigenvalue weighted by Crippen LogP contribution is -2.46. The number of amides is 3. The standard InChI is InChI=1S/C20H23N3O5S/c1-12(23-19(25)16-4-2-3-5-17(16)20(23)26)18(24)21-13-8-10-15(11-9-13)29(27,28)22-14-6-7-14/h2-3,8-12,14,16-17,22H,4-7H2,1H3,(H,21,24)/t12-,16-,17+/m0/s1. The number of nitrogens with one attached hydrogen (secondary N) is 2. The first-order valence-corrected chi connectivity index (χ1v) is 11.2. The molecule has 2 N–H and O–H groups in total. The highest BCUT2D eigenvalue weighted by Gasteiger charge is 2.50. The minimum absolute atomic E-state index is 0.00894. The molecule has 9 heteroatoms. The number of fused-ring (bicyclic) bond motifs is 1. The number of carbonyl (C=O) groups excluding carboxylic acids is 3. The second-order valence-corrected chi connectivity index (χ2v) is 9.50. The Morgan fingerprint density at radius 2 is 1.59 bits per heavy atom. The SMILES string of the molecule is C[C@@H](C(=O)Nc1ccc(S(=O)(=O)NC2CC2)cc1)N1C(=O)[C@H]2CC=CC[C@H]2C1=O. The van der Waals surface area contributed by atoms with Gasteiger partial charge in [0.15, 0.2) is 0 Å². The Hall–Kier alpha value is -2.52. The monoisotopic (exact) mass is 417 g/mol. The number of imide groups is 1. The van der Waals surface area contributed by atoms with Gasteiger partial charge in [0.2, 0.25) is 27.7 Å². The van der Waals surface area contributed by atoms with E-state index < -0.39 is 22.0 Å². The van der Waals surface area contributed by atoms with Crippen molar-refractivity contribution in [3.05, 3.63) is 36.4 Å². The quantitative estimate of drug-likeness (QED) is 0.537. The molecule has 1 aromatic rings. The van der Waals surface area contributed by atoms with E-state index >= 15 is 0 Å². The number of sulfonamides is 1. The van der Waals surface area contributed by atoms with Crippen LogP contribution in [0.2, 0.25) is 0 Å². The maximum Gasteiger partial charge on any atom is 0.247 e. The van der Waals surface area contributed by atoms with Gasteiger partial charge in [0.1, 0.15) is 6.04 Å². The van der Waals surface area contributed by atoms with Gasteiger partial charge in [0, 0.05) is 11.7 Å². The molecule has 1 saturated heterocycles. The van der Waals surface area contributed by atoms with Gasteiger partial charge >= 0.3 is 0 Å². The molecule has 1 aliphatic heterocycles. The summed E-state index contributed by atoms with van der Waals surface area (Å²) < 4.78 is 27.0. The van der Waals surface area contributed by atoms with Crippen LogP contribution < -0.4 is 10.0 Å². The van der Waals surface area contributed by atoms with Crippen molar-refractivity contribution in [2.75, 3.05) is 5.32 Å². The lowest BCUT2D eigenvalue weighted by Gasteiger charge is -2.22. The molecular weight excluding hydrogens is 394 g/mol. The second-order valence-electron chi connectivity index (χ2n) is 7.79. The first-order valence-electron chi connectivity index (χ1n) is 9.73. The Labute approximate surface area is 169 Å². The Morgan fingerprint density at radius 3 is 2.10 bits per heavy atom. The van der Waals surface area contributed by atoms with Crippen LogP contribution in [0.1, 0.15) is 32.6 Å². The maximum atomic E-state index is 12.6. The van der Waals surface area contributed by atoms with Crippen molar-refractivity contribution >= 4 is 33.4 Å². The van der Waals surface area contributed by atoms with Crippen molar-refractivity contribution in [3.63, 3.8) is 0 Å². The number of allylic oxidation sites excluding steroid dienone is 2. The molecule has 8 nitrogen and oxygen atoms in total. The average Bonchev–Trinajstić information content (AvgIpc) is 3.47. The van der Waals surface area contributed by atoms with Crippen molar-refractivity contribution in [1.29, 1.82) is 0 Å². The van der Waals surface area contributed by atoms with Crippen molar-refractivity contribution < 1.29 is 22.8 Å². The third kappa shape index (κ3) is 3.84. The number of hydrogen-bond acceptors (Lipinski definition) is 5. The van der Waals surface area contributed by atoms with E-state index in [0.29, 0.717) is 18.5 Å². The Kier molecular flexibility index (Phi) is 5.04. The van der Waals surface area contributed by atoms with Gasteiger partial charge in [-0.15, -0.1) is 0 Å². The van der Waals surface area contributed by atoms with Crippen LogP contribution in [0.3, 0.4) is 0 Å². The molecule has 3 amide bonds. The highest BCUT2D eigenvalue weighted by Crippen LogP contribution is 2.36. The zero-order valence-electron chi connectivity index (χ0n) is 16.0. The topological polar surface area (TPSA) is 113 Å². The lowest BCUT2D eigenvalue weighted by molar-refractivity contribution is -0.146. The Morgan fingerprint density at radius 1 is 1.03 bits per heavy atom. The van der Waals surface area contributed by atoms with E-state index in [9.17, 15) is 22.8 Å². The van der Waals surface area contributed by atoms with Gasteiger partial charge in [0.25, 0.3) is 0 Å². The van der Waals surface area contributed by atoms with Crippen molar-refractivity contribution in [3.8, 4) is 0 Å². The third-order valence-corrected chi connectivity index (χ3v) is 7.18. The van der Waals surface area contributed by atoms with E-state index in [2.05, 4.69) is 10.0 Å². The molecule has 2 fully saturated rings. The molecule has 1 saturated carbocycles. The molecule has 1 aromatic carbocycles. The molecule has 0 aromatic heterocycles. The van der Waals surface area contributed by atoms with Crippen LogP contribution in [0.4, 0.5) is 5.69 Å². The fraction of sp³-hybridized carbons (Fsp3) is 0.450. The number of nitrogens with zero attached hydrogens (tertiary/aromatic N) is 1. The molecule has 154 valence electrons.